The van der Waals surface area contributed by atoms with Gasteiger partial charge < -0.3 is 19.5 Å². The Kier molecular flexibility index (Phi) is 4.62. The average molecular weight is 340 g/mol. The number of benzene rings is 1. The van der Waals surface area contributed by atoms with Gasteiger partial charge in [0.2, 0.25) is 11.6 Å². The van der Waals surface area contributed by atoms with E-state index in [0.29, 0.717) is 33.4 Å². The summed E-state index contributed by atoms with van der Waals surface area (Å²) in [4.78, 5) is 8.17. The number of rotatable bonds is 5. The van der Waals surface area contributed by atoms with Crippen LogP contribution >= 0.6 is 15.9 Å². The van der Waals surface area contributed by atoms with Gasteiger partial charge in [0.15, 0.2) is 11.5 Å². The SMILES string of the molecule is CNc1ncnc(Oc2c(OC)cccc2OC)c1Br. The highest BCUT2D eigenvalue weighted by Crippen LogP contribution is 2.41. The smallest absolute Gasteiger partial charge is 0.239 e. The summed E-state index contributed by atoms with van der Waals surface area (Å²) >= 11 is 3.40. The lowest BCUT2D eigenvalue weighted by Crippen LogP contribution is -1.99. The molecule has 0 aliphatic heterocycles. The molecule has 2 aromatic rings. The maximum Gasteiger partial charge on any atom is 0.239 e. The second kappa shape index (κ2) is 6.42. The van der Waals surface area contributed by atoms with Crippen molar-refractivity contribution in [2.24, 2.45) is 0 Å². The summed E-state index contributed by atoms with van der Waals surface area (Å²) in [6.45, 7) is 0. The van der Waals surface area contributed by atoms with E-state index in [1.165, 1.54) is 6.33 Å². The first kappa shape index (κ1) is 14.4. The molecule has 0 amide bonds. The van der Waals surface area contributed by atoms with Gasteiger partial charge in [-0.05, 0) is 28.1 Å². The van der Waals surface area contributed by atoms with E-state index in [9.17, 15) is 0 Å². The molecule has 1 heterocycles. The van der Waals surface area contributed by atoms with E-state index < -0.39 is 0 Å². The van der Waals surface area contributed by atoms with Gasteiger partial charge in [0, 0.05) is 7.05 Å². The van der Waals surface area contributed by atoms with E-state index >= 15 is 0 Å². The minimum absolute atomic E-state index is 0.368. The highest BCUT2D eigenvalue weighted by molar-refractivity contribution is 9.10. The molecule has 1 N–H and O–H groups in total. The van der Waals surface area contributed by atoms with Crippen molar-refractivity contribution in [2.75, 3.05) is 26.6 Å². The van der Waals surface area contributed by atoms with Crippen molar-refractivity contribution in [3.8, 4) is 23.1 Å². The molecule has 0 aliphatic rings. The Morgan fingerprint density at radius 3 is 2.30 bits per heavy atom. The molecule has 0 aliphatic carbocycles. The number of aromatic nitrogens is 2. The molecule has 7 heteroatoms. The number of nitrogens with zero attached hydrogens (tertiary/aromatic N) is 2. The lowest BCUT2D eigenvalue weighted by atomic mass is 10.3. The topological polar surface area (TPSA) is 65.5 Å². The maximum atomic E-state index is 5.81. The maximum absolute atomic E-state index is 5.81. The van der Waals surface area contributed by atoms with Crippen LogP contribution in [0.1, 0.15) is 0 Å². The highest BCUT2D eigenvalue weighted by Gasteiger charge is 2.16. The van der Waals surface area contributed by atoms with E-state index in [4.69, 9.17) is 14.2 Å². The molecule has 20 heavy (non-hydrogen) atoms. The average Bonchev–Trinajstić information content (AvgIpc) is 2.49. The van der Waals surface area contributed by atoms with Gasteiger partial charge in [-0.25, -0.2) is 9.97 Å². The summed E-state index contributed by atoms with van der Waals surface area (Å²) in [5.41, 5.74) is 0. The number of hydrogen-bond acceptors (Lipinski definition) is 6. The molecule has 106 valence electrons. The molecule has 6 nitrogen and oxygen atoms in total. The largest absolute Gasteiger partial charge is 0.493 e. The zero-order valence-corrected chi connectivity index (χ0v) is 12.9. The van der Waals surface area contributed by atoms with E-state index in [1.807, 2.05) is 6.07 Å². The Balaban J connectivity index is 2.44. The van der Waals surface area contributed by atoms with Gasteiger partial charge in [-0.2, -0.15) is 0 Å². The lowest BCUT2D eigenvalue weighted by Gasteiger charge is -2.14. The van der Waals surface area contributed by atoms with Crippen LogP contribution in [0.3, 0.4) is 0 Å². The molecule has 0 radical (unpaired) electrons. The summed E-state index contributed by atoms with van der Waals surface area (Å²) in [6, 6.07) is 5.39. The minimum atomic E-state index is 0.368. The van der Waals surface area contributed by atoms with E-state index in [-0.39, 0.29) is 0 Å². The fourth-order valence-corrected chi connectivity index (χ4v) is 2.10. The summed E-state index contributed by atoms with van der Waals surface area (Å²) < 4.78 is 17.0. The number of para-hydroxylation sites is 1. The minimum Gasteiger partial charge on any atom is -0.493 e. The molecule has 0 fully saturated rings. The van der Waals surface area contributed by atoms with Gasteiger partial charge in [-0.15, -0.1) is 0 Å². The summed E-state index contributed by atoms with van der Waals surface area (Å²) in [7, 11) is 4.89. The molecule has 1 aromatic heterocycles. The van der Waals surface area contributed by atoms with Crippen molar-refractivity contribution in [1.29, 1.82) is 0 Å². The Labute approximate surface area is 125 Å². The standard InChI is InChI=1S/C13H14BrN3O3/c1-15-12-10(14)13(17-7-16-12)20-11-8(18-2)5-4-6-9(11)19-3/h4-7H,1-3H3,(H,15,16,17). The van der Waals surface area contributed by atoms with Crippen LogP contribution in [-0.2, 0) is 0 Å². The van der Waals surface area contributed by atoms with Crippen LogP contribution in [0.25, 0.3) is 0 Å². The van der Waals surface area contributed by atoms with E-state index in [0.717, 1.165) is 0 Å². The quantitative estimate of drug-likeness (QED) is 0.902. The molecular formula is C13H14BrN3O3. The monoisotopic (exact) mass is 339 g/mol. The van der Waals surface area contributed by atoms with Gasteiger partial charge in [-0.1, -0.05) is 6.07 Å². The summed E-state index contributed by atoms with van der Waals surface area (Å²) in [5.74, 6) is 2.57. The van der Waals surface area contributed by atoms with Crippen LogP contribution in [0.4, 0.5) is 5.82 Å². The van der Waals surface area contributed by atoms with E-state index in [2.05, 4.69) is 31.2 Å². The number of halogens is 1. The zero-order valence-electron chi connectivity index (χ0n) is 11.3. The van der Waals surface area contributed by atoms with Gasteiger partial charge in [-0.3, -0.25) is 0 Å². The second-order valence-electron chi connectivity index (χ2n) is 3.69. The summed E-state index contributed by atoms with van der Waals surface area (Å²) in [5, 5.41) is 2.94. The molecule has 0 bridgehead atoms. The first-order valence-corrected chi connectivity index (χ1v) is 6.57. The molecule has 0 saturated heterocycles. The van der Waals surface area contributed by atoms with Crippen LogP contribution in [-0.4, -0.2) is 31.2 Å². The molecule has 0 saturated carbocycles. The zero-order chi connectivity index (χ0) is 14.5. The first-order valence-electron chi connectivity index (χ1n) is 5.78. The van der Waals surface area contributed by atoms with Crippen molar-refractivity contribution in [1.82, 2.24) is 9.97 Å². The third-order valence-electron chi connectivity index (χ3n) is 2.58. The van der Waals surface area contributed by atoms with Crippen molar-refractivity contribution in [2.45, 2.75) is 0 Å². The molecule has 0 unspecified atom stereocenters. The number of nitrogens with one attached hydrogen (secondary N) is 1. The lowest BCUT2D eigenvalue weighted by molar-refractivity contribution is 0.341. The van der Waals surface area contributed by atoms with Gasteiger partial charge in [0.25, 0.3) is 0 Å². The van der Waals surface area contributed by atoms with Crippen molar-refractivity contribution in [3.05, 3.63) is 29.0 Å². The Morgan fingerprint density at radius 2 is 1.75 bits per heavy atom. The fraction of sp³-hybridized carbons (Fsp3) is 0.231. The second-order valence-corrected chi connectivity index (χ2v) is 4.48. The van der Waals surface area contributed by atoms with Crippen LogP contribution in [0.5, 0.6) is 23.1 Å². The fourth-order valence-electron chi connectivity index (χ4n) is 1.61. The van der Waals surface area contributed by atoms with Crippen LogP contribution in [0, 0.1) is 0 Å². The van der Waals surface area contributed by atoms with Crippen molar-refractivity contribution >= 4 is 21.7 Å². The van der Waals surface area contributed by atoms with Crippen molar-refractivity contribution < 1.29 is 14.2 Å². The Hall–Kier alpha value is -2.02. The van der Waals surface area contributed by atoms with Crippen molar-refractivity contribution in [3.63, 3.8) is 0 Å². The van der Waals surface area contributed by atoms with Crippen LogP contribution < -0.4 is 19.5 Å². The molecule has 0 atom stereocenters. The Morgan fingerprint density at radius 1 is 1.10 bits per heavy atom. The first-order chi connectivity index (χ1) is 9.71. The van der Waals surface area contributed by atoms with Crippen LogP contribution in [0.2, 0.25) is 0 Å². The number of ether oxygens (including phenoxy) is 3. The predicted octanol–water partition coefficient (Wildman–Crippen LogP) is 3.09. The third kappa shape index (κ3) is 2.77. The number of anilines is 1. The number of hydrogen-bond donors (Lipinski definition) is 1. The predicted molar refractivity (Wildman–Crippen MR) is 78.9 cm³/mol. The molecule has 2 rings (SSSR count). The summed E-state index contributed by atoms with van der Waals surface area (Å²) in [6.07, 6.45) is 1.41. The van der Waals surface area contributed by atoms with Gasteiger partial charge >= 0.3 is 0 Å². The normalized spacial score (nSPS) is 10.0. The highest BCUT2D eigenvalue weighted by atomic mass is 79.9. The molecule has 0 spiro atoms. The third-order valence-corrected chi connectivity index (χ3v) is 3.29. The number of methoxy groups -OCH3 is 2. The van der Waals surface area contributed by atoms with Gasteiger partial charge in [0.05, 0.1) is 14.2 Å². The van der Waals surface area contributed by atoms with E-state index in [1.54, 1.807) is 33.4 Å². The Bertz CT molecular complexity index is 585. The molecule has 1 aromatic carbocycles. The molecular weight excluding hydrogens is 326 g/mol. The van der Waals surface area contributed by atoms with Crippen LogP contribution in [0.15, 0.2) is 29.0 Å². The van der Waals surface area contributed by atoms with Gasteiger partial charge in [0.1, 0.15) is 16.6 Å².